The van der Waals surface area contributed by atoms with Crippen LogP contribution in [-0.4, -0.2) is 20.9 Å². The Hall–Kier alpha value is -1.43. The van der Waals surface area contributed by atoms with Gasteiger partial charge in [-0.25, -0.2) is 9.50 Å². The fraction of sp³-hybridized carbons (Fsp3) is 0.143. The lowest BCUT2D eigenvalue weighted by atomic mass is 10.1. The maximum Gasteiger partial charge on any atom is 0.286 e. The first-order valence-corrected chi connectivity index (χ1v) is 8.11. The molecule has 3 aromatic rings. The number of nitrogens with one attached hydrogen (secondary N) is 1. The van der Waals surface area contributed by atoms with Crippen molar-refractivity contribution in [3.63, 3.8) is 0 Å². The van der Waals surface area contributed by atoms with Crippen LogP contribution < -0.4 is 5.56 Å². The molecule has 1 aromatic carbocycles. The number of aryl methyl sites for hydroxylation is 1. The monoisotopic (exact) mass is 339 g/mol. The summed E-state index contributed by atoms with van der Waals surface area (Å²) in [5.74, 6) is 0. The van der Waals surface area contributed by atoms with Crippen LogP contribution in [0.2, 0.25) is 10.0 Å². The number of aromatic nitrogens is 3. The first kappa shape index (κ1) is 14.5. The molecule has 0 saturated heterocycles. The summed E-state index contributed by atoms with van der Waals surface area (Å²) < 4.78 is 1.43. The number of H-pyrrole nitrogens is 1. The lowest BCUT2D eigenvalue weighted by Crippen LogP contribution is -2.18. The predicted molar refractivity (Wildman–Crippen MR) is 87.8 cm³/mol. The summed E-state index contributed by atoms with van der Waals surface area (Å²) in [5, 5.41) is 4.13. The number of benzene rings is 1. The lowest BCUT2D eigenvalue weighted by Gasteiger charge is -2.02. The number of fused-ring (bicyclic) bond motifs is 1. The molecule has 0 amide bonds. The zero-order valence-corrected chi connectivity index (χ0v) is 13.6. The number of nitrogens with zero attached hydrogens (tertiary/aromatic N) is 2. The molecule has 2 aromatic heterocycles. The van der Waals surface area contributed by atoms with Crippen LogP contribution in [0.15, 0.2) is 34.0 Å². The lowest BCUT2D eigenvalue weighted by molar-refractivity contribution is 0.854. The van der Waals surface area contributed by atoms with Gasteiger partial charge in [-0.2, -0.15) is 0 Å². The van der Waals surface area contributed by atoms with E-state index in [0.29, 0.717) is 20.6 Å². The number of aromatic amines is 1. The van der Waals surface area contributed by atoms with Gasteiger partial charge in [-0.15, -0.1) is 11.8 Å². The highest BCUT2D eigenvalue weighted by Crippen LogP contribution is 2.29. The van der Waals surface area contributed by atoms with Crippen LogP contribution in [0.4, 0.5) is 0 Å². The van der Waals surface area contributed by atoms with E-state index in [-0.39, 0.29) is 5.56 Å². The van der Waals surface area contributed by atoms with E-state index in [1.54, 1.807) is 18.2 Å². The van der Waals surface area contributed by atoms with Gasteiger partial charge in [-0.05, 0) is 31.4 Å². The van der Waals surface area contributed by atoms with E-state index < -0.39 is 0 Å². The van der Waals surface area contributed by atoms with Crippen LogP contribution in [0.25, 0.3) is 16.9 Å². The summed E-state index contributed by atoms with van der Waals surface area (Å²) in [5.41, 5.74) is 2.67. The Morgan fingerprint density at radius 2 is 2.05 bits per heavy atom. The third-order valence-electron chi connectivity index (χ3n) is 3.17. The summed E-state index contributed by atoms with van der Waals surface area (Å²) in [6.07, 6.45) is 1.86. The first-order chi connectivity index (χ1) is 10.0. The molecule has 0 aliphatic heterocycles. The van der Waals surface area contributed by atoms with E-state index >= 15 is 0 Å². The highest BCUT2D eigenvalue weighted by molar-refractivity contribution is 7.98. The molecular formula is C14H11Cl2N3OS. The fourth-order valence-electron chi connectivity index (χ4n) is 2.20. The average Bonchev–Trinajstić information content (AvgIpc) is 2.83. The van der Waals surface area contributed by atoms with Crippen LogP contribution >= 0.6 is 35.0 Å². The Kier molecular flexibility index (Phi) is 3.73. The minimum Gasteiger partial charge on any atom is -0.289 e. The molecule has 0 radical (unpaired) electrons. The third kappa shape index (κ3) is 2.46. The van der Waals surface area contributed by atoms with Crippen LogP contribution in [0.5, 0.6) is 0 Å². The van der Waals surface area contributed by atoms with E-state index in [0.717, 1.165) is 17.0 Å². The van der Waals surface area contributed by atoms with E-state index in [9.17, 15) is 4.79 Å². The molecule has 0 saturated carbocycles. The van der Waals surface area contributed by atoms with Gasteiger partial charge in [0.05, 0.1) is 21.3 Å². The minimum atomic E-state index is -0.110. The maximum atomic E-state index is 12.4. The highest BCUT2D eigenvalue weighted by Gasteiger charge is 2.13. The van der Waals surface area contributed by atoms with Crippen LogP contribution in [0, 0.1) is 6.92 Å². The third-order valence-corrected chi connectivity index (χ3v) is 4.59. The van der Waals surface area contributed by atoms with Crippen molar-refractivity contribution >= 4 is 40.6 Å². The molecule has 0 aliphatic rings. The zero-order chi connectivity index (χ0) is 15.1. The van der Waals surface area contributed by atoms with Gasteiger partial charge < -0.3 is 0 Å². The maximum absolute atomic E-state index is 12.4. The van der Waals surface area contributed by atoms with Crippen LogP contribution in [-0.2, 0) is 0 Å². The van der Waals surface area contributed by atoms with E-state index in [1.165, 1.54) is 16.3 Å². The molecule has 0 spiro atoms. The number of rotatable bonds is 2. The number of halogens is 2. The number of thioether (sulfide) groups is 1. The Morgan fingerprint density at radius 3 is 2.71 bits per heavy atom. The fourth-order valence-corrected chi connectivity index (χ4v) is 3.32. The quantitative estimate of drug-likeness (QED) is 0.717. The van der Waals surface area contributed by atoms with Crippen molar-refractivity contribution in [1.82, 2.24) is 14.6 Å². The van der Waals surface area contributed by atoms with Crippen molar-refractivity contribution in [2.45, 2.75) is 11.8 Å². The molecule has 0 fully saturated rings. The largest absolute Gasteiger partial charge is 0.289 e. The Bertz CT molecular complexity index is 901. The number of hydrogen-bond donors (Lipinski definition) is 1. The van der Waals surface area contributed by atoms with E-state index in [2.05, 4.69) is 10.1 Å². The molecule has 0 unspecified atom stereocenters. The molecule has 7 heteroatoms. The second-order valence-corrected chi connectivity index (χ2v) is 6.18. The van der Waals surface area contributed by atoms with Gasteiger partial charge in [-0.3, -0.25) is 9.89 Å². The molecular weight excluding hydrogens is 329 g/mol. The molecule has 0 bridgehead atoms. The van der Waals surface area contributed by atoms with Crippen molar-refractivity contribution < 1.29 is 0 Å². The topological polar surface area (TPSA) is 50.2 Å². The van der Waals surface area contributed by atoms with Crippen molar-refractivity contribution in [3.05, 3.63) is 50.4 Å². The molecule has 21 heavy (non-hydrogen) atoms. The summed E-state index contributed by atoms with van der Waals surface area (Å²) in [4.78, 5) is 17.5. The molecule has 1 N–H and O–H groups in total. The normalized spacial score (nSPS) is 11.2. The Labute approximate surface area is 135 Å². The second kappa shape index (κ2) is 5.40. The van der Waals surface area contributed by atoms with Gasteiger partial charge in [0.15, 0.2) is 5.65 Å². The summed E-state index contributed by atoms with van der Waals surface area (Å²) >= 11 is 13.5. The van der Waals surface area contributed by atoms with Gasteiger partial charge in [-0.1, -0.05) is 23.2 Å². The van der Waals surface area contributed by atoms with E-state index in [1.807, 2.05) is 19.2 Å². The van der Waals surface area contributed by atoms with Crippen molar-refractivity contribution in [3.8, 4) is 11.3 Å². The van der Waals surface area contributed by atoms with E-state index in [4.69, 9.17) is 23.2 Å². The highest BCUT2D eigenvalue weighted by atomic mass is 35.5. The average molecular weight is 340 g/mol. The van der Waals surface area contributed by atoms with Gasteiger partial charge in [0.25, 0.3) is 5.56 Å². The van der Waals surface area contributed by atoms with Gasteiger partial charge in [0.1, 0.15) is 0 Å². The van der Waals surface area contributed by atoms with Gasteiger partial charge in [0, 0.05) is 16.7 Å². The second-order valence-electron chi connectivity index (χ2n) is 4.52. The zero-order valence-electron chi connectivity index (χ0n) is 11.3. The Balaban J connectivity index is 2.26. The summed E-state index contributed by atoms with van der Waals surface area (Å²) in [7, 11) is 0. The molecule has 4 nitrogen and oxygen atoms in total. The summed E-state index contributed by atoms with van der Waals surface area (Å²) in [6.45, 7) is 1.83. The molecule has 108 valence electrons. The Morgan fingerprint density at radius 1 is 1.29 bits per heavy atom. The first-order valence-electron chi connectivity index (χ1n) is 6.13. The van der Waals surface area contributed by atoms with Gasteiger partial charge >= 0.3 is 0 Å². The van der Waals surface area contributed by atoms with Crippen LogP contribution in [0.3, 0.4) is 0 Å². The molecule has 2 heterocycles. The molecule has 0 aliphatic carbocycles. The predicted octanol–water partition coefficient (Wildman–Crippen LogP) is 4.03. The van der Waals surface area contributed by atoms with Crippen molar-refractivity contribution in [2.24, 2.45) is 0 Å². The SMILES string of the molecule is CSc1c(C)nc2cc(-c3ccc(Cl)cc3Cl)[nH]n2c1=O. The van der Waals surface area contributed by atoms with Crippen molar-refractivity contribution in [1.29, 1.82) is 0 Å². The van der Waals surface area contributed by atoms with Crippen LogP contribution in [0.1, 0.15) is 5.69 Å². The van der Waals surface area contributed by atoms with Crippen molar-refractivity contribution in [2.75, 3.05) is 6.26 Å². The standard InChI is InChI=1S/C14H11Cl2N3OS/c1-7-13(21-2)14(20)19-12(17-7)6-11(18-19)9-4-3-8(15)5-10(9)16/h3-6,18H,1-2H3. The molecule has 0 atom stereocenters. The number of hydrogen-bond acceptors (Lipinski definition) is 3. The van der Waals surface area contributed by atoms with Gasteiger partial charge in [0.2, 0.25) is 0 Å². The molecule has 3 rings (SSSR count). The summed E-state index contributed by atoms with van der Waals surface area (Å²) in [6, 6.07) is 7.03. The smallest absolute Gasteiger partial charge is 0.286 e. The minimum absolute atomic E-state index is 0.110.